The molecule has 1 rings (SSSR count). The Balaban J connectivity index is 3.43. The number of aromatic carboxylic acids is 2. The smallest absolute Gasteiger partial charge is 0.338 e. The van der Waals surface area contributed by atoms with Gasteiger partial charge in [-0.3, -0.25) is 0 Å². The molecule has 3 N–H and O–H groups in total. The molecule has 0 amide bonds. The van der Waals surface area contributed by atoms with Crippen molar-refractivity contribution in [2.75, 3.05) is 12.4 Å². The number of hydrogen-bond donors (Lipinski definition) is 3. The molecule has 0 aromatic heterocycles. The lowest BCUT2D eigenvalue weighted by atomic mass is 10.1. The Bertz CT molecular complexity index is 386. The molecule has 0 spiro atoms. The van der Waals surface area contributed by atoms with E-state index in [1.807, 2.05) is 0 Å². The highest BCUT2D eigenvalue weighted by molar-refractivity contribution is 6.05. The van der Waals surface area contributed by atoms with Crippen molar-refractivity contribution in [1.82, 2.24) is 0 Å². The lowest BCUT2D eigenvalue weighted by Gasteiger charge is -2.07. The molecule has 0 aliphatic rings. The summed E-state index contributed by atoms with van der Waals surface area (Å²) in [7, 11) is 1.54. The average molecular weight is 195 g/mol. The van der Waals surface area contributed by atoms with Gasteiger partial charge in [-0.05, 0) is 12.1 Å². The Kier molecular flexibility index (Phi) is 2.71. The minimum atomic E-state index is -1.26. The first-order valence-electron chi connectivity index (χ1n) is 3.85. The summed E-state index contributed by atoms with van der Waals surface area (Å²) in [6.07, 6.45) is 0. The van der Waals surface area contributed by atoms with Gasteiger partial charge in [-0.25, -0.2) is 9.59 Å². The van der Waals surface area contributed by atoms with Gasteiger partial charge in [0.05, 0.1) is 11.1 Å². The van der Waals surface area contributed by atoms with Gasteiger partial charge in [0.1, 0.15) is 0 Å². The number of rotatable bonds is 3. The van der Waals surface area contributed by atoms with Crippen LogP contribution in [0.15, 0.2) is 18.2 Å². The monoisotopic (exact) mass is 195 g/mol. The minimum absolute atomic E-state index is 0.218. The summed E-state index contributed by atoms with van der Waals surface area (Å²) < 4.78 is 0. The van der Waals surface area contributed by atoms with E-state index < -0.39 is 11.9 Å². The van der Waals surface area contributed by atoms with Crippen LogP contribution < -0.4 is 5.32 Å². The summed E-state index contributed by atoms with van der Waals surface area (Å²) in [5, 5.41) is 20.2. The Hall–Kier alpha value is -2.04. The minimum Gasteiger partial charge on any atom is -0.478 e. The molecule has 0 aliphatic heterocycles. The van der Waals surface area contributed by atoms with Crippen LogP contribution >= 0.6 is 0 Å². The van der Waals surface area contributed by atoms with Crippen molar-refractivity contribution in [2.45, 2.75) is 0 Å². The first kappa shape index (κ1) is 10.0. The Morgan fingerprint density at radius 2 is 1.86 bits per heavy atom. The molecule has 1 aromatic carbocycles. The van der Waals surface area contributed by atoms with Crippen molar-refractivity contribution in [3.05, 3.63) is 29.3 Å². The Morgan fingerprint density at radius 3 is 2.29 bits per heavy atom. The molecule has 0 unspecified atom stereocenters. The quantitative estimate of drug-likeness (QED) is 0.672. The van der Waals surface area contributed by atoms with Gasteiger partial charge in [-0.15, -0.1) is 0 Å². The predicted molar refractivity (Wildman–Crippen MR) is 49.9 cm³/mol. The zero-order valence-electron chi connectivity index (χ0n) is 7.44. The zero-order chi connectivity index (χ0) is 10.7. The van der Waals surface area contributed by atoms with Crippen LogP contribution in [0.2, 0.25) is 0 Å². The van der Waals surface area contributed by atoms with Gasteiger partial charge in [0.2, 0.25) is 0 Å². The highest BCUT2D eigenvalue weighted by Crippen LogP contribution is 2.19. The maximum Gasteiger partial charge on any atom is 0.338 e. The van der Waals surface area contributed by atoms with Gasteiger partial charge in [0, 0.05) is 12.7 Å². The summed E-state index contributed by atoms with van der Waals surface area (Å²) in [5.41, 5.74) is -0.149. The highest BCUT2D eigenvalue weighted by atomic mass is 16.4. The van der Waals surface area contributed by atoms with Gasteiger partial charge < -0.3 is 15.5 Å². The number of benzene rings is 1. The van der Waals surface area contributed by atoms with Crippen molar-refractivity contribution < 1.29 is 19.8 Å². The molecular weight excluding hydrogens is 186 g/mol. The SMILES string of the molecule is CNc1cccc(C(=O)O)c1C(=O)O. The normalized spacial score (nSPS) is 9.50. The highest BCUT2D eigenvalue weighted by Gasteiger charge is 2.18. The molecule has 1 aromatic rings. The van der Waals surface area contributed by atoms with Crippen LogP contribution in [0.4, 0.5) is 5.69 Å². The van der Waals surface area contributed by atoms with Gasteiger partial charge in [0.25, 0.3) is 0 Å². The summed E-state index contributed by atoms with van der Waals surface area (Å²) in [6.45, 7) is 0. The van der Waals surface area contributed by atoms with Crippen molar-refractivity contribution in [3.8, 4) is 0 Å². The maximum absolute atomic E-state index is 10.8. The van der Waals surface area contributed by atoms with E-state index in [1.54, 1.807) is 0 Å². The van der Waals surface area contributed by atoms with E-state index in [-0.39, 0.29) is 16.8 Å². The van der Waals surface area contributed by atoms with Crippen molar-refractivity contribution >= 4 is 17.6 Å². The van der Waals surface area contributed by atoms with Crippen molar-refractivity contribution in [2.24, 2.45) is 0 Å². The molecule has 0 bridgehead atoms. The van der Waals surface area contributed by atoms with E-state index in [9.17, 15) is 9.59 Å². The molecular formula is C9H9NO4. The van der Waals surface area contributed by atoms with E-state index in [2.05, 4.69) is 5.32 Å². The van der Waals surface area contributed by atoms with Crippen LogP contribution in [0.25, 0.3) is 0 Å². The number of anilines is 1. The summed E-state index contributed by atoms with van der Waals surface area (Å²) in [6, 6.07) is 4.25. The Morgan fingerprint density at radius 1 is 1.21 bits per heavy atom. The first-order valence-corrected chi connectivity index (χ1v) is 3.85. The molecule has 5 heteroatoms. The van der Waals surface area contributed by atoms with E-state index in [0.29, 0.717) is 0 Å². The van der Waals surface area contributed by atoms with E-state index in [0.717, 1.165) is 0 Å². The third kappa shape index (κ3) is 1.66. The second kappa shape index (κ2) is 3.78. The van der Waals surface area contributed by atoms with Crippen LogP contribution in [-0.4, -0.2) is 29.2 Å². The number of carbonyl (C=O) groups is 2. The first-order chi connectivity index (χ1) is 6.57. The van der Waals surface area contributed by atoms with Crippen LogP contribution in [0.1, 0.15) is 20.7 Å². The average Bonchev–Trinajstić information content (AvgIpc) is 2.16. The molecule has 0 radical (unpaired) electrons. The van der Waals surface area contributed by atoms with E-state index in [4.69, 9.17) is 10.2 Å². The van der Waals surface area contributed by atoms with E-state index >= 15 is 0 Å². The van der Waals surface area contributed by atoms with Gasteiger partial charge in [-0.2, -0.15) is 0 Å². The zero-order valence-corrected chi connectivity index (χ0v) is 7.44. The second-order valence-electron chi connectivity index (χ2n) is 2.59. The van der Waals surface area contributed by atoms with E-state index in [1.165, 1.54) is 25.2 Å². The van der Waals surface area contributed by atoms with Gasteiger partial charge in [-0.1, -0.05) is 6.07 Å². The fourth-order valence-corrected chi connectivity index (χ4v) is 1.17. The largest absolute Gasteiger partial charge is 0.478 e. The summed E-state index contributed by atoms with van der Waals surface area (Å²) >= 11 is 0. The van der Waals surface area contributed by atoms with Crippen LogP contribution in [-0.2, 0) is 0 Å². The molecule has 0 saturated carbocycles. The third-order valence-electron chi connectivity index (χ3n) is 1.78. The number of carboxylic acid groups (broad SMARTS) is 2. The van der Waals surface area contributed by atoms with Gasteiger partial charge in [0.15, 0.2) is 0 Å². The molecule has 0 aliphatic carbocycles. The van der Waals surface area contributed by atoms with Crippen molar-refractivity contribution in [1.29, 1.82) is 0 Å². The number of hydrogen-bond acceptors (Lipinski definition) is 3. The molecule has 14 heavy (non-hydrogen) atoms. The fourth-order valence-electron chi connectivity index (χ4n) is 1.17. The maximum atomic E-state index is 10.8. The summed E-state index contributed by atoms with van der Waals surface area (Å²) in [4.78, 5) is 21.5. The molecule has 5 nitrogen and oxygen atoms in total. The van der Waals surface area contributed by atoms with Crippen LogP contribution in [0.5, 0.6) is 0 Å². The fraction of sp³-hybridized carbons (Fsp3) is 0.111. The van der Waals surface area contributed by atoms with Gasteiger partial charge >= 0.3 is 11.9 Å². The molecule has 0 heterocycles. The standard InChI is InChI=1S/C9H9NO4/c1-10-6-4-2-3-5(8(11)12)7(6)9(13)14/h2-4,10H,1H3,(H,11,12)(H,13,14). The second-order valence-corrected chi connectivity index (χ2v) is 2.59. The molecule has 74 valence electrons. The predicted octanol–water partition coefficient (Wildman–Crippen LogP) is 1.12. The topological polar surface area (TPSA) is 86.6 Å². The summed E-state index contributed by atoms with van der Waals surface area (Å²) in [5.74, 6) is -2.51. The van der Waals surface area contributed by atoms with Crippen LogP contribution in [0.3, 0.4) is 0 Å². The molecule has 0 atom stereocenters. The lowest BCUT2D eigenvalue weighted by molar-refractivity contribution is 0.0652. The molecule has 0 fully saturated rings. The lowest BCUT2D eigenvalue weighted by Crippen LogP contribution is -2.10. The number of nitrogens with one attached hydrogen (secondary N) is 1. The van der Waals surface area contributed by atoms with Crippen molar-refractivity contribution in [3.63, 3.8) is 0 Å². The Labute approximate surface area is 80.0 Å². The van der Waals surface area contributed by atoms with Crippen LogP contribution in [0, 0.1) is 0 Å². The number of carboxylic acids is 2. The molecule has 0 saturated heterocycles. The third-order valence-corrected chi connectivity index (χ3v) is 1.78.